The van der Waals surface area contributed by atoms with Crippen molar-refractivity contribution in [2.24, 2.45) is 4.99 Å². The number of methoxy groups -OCH3 is 1. The van der Waals surface area contributed by atoms with E-state index in [1.807, 2.05) is 97.1 Å². The molecule has 0 saturated heterocycles. The van der Waals surface area contributed by atoms with E-state index in [-0.39, 0.29) is 18.8 Å². The summed E-state index contributed by atoms with van der Waals surface area (Å²) in [5, 5.41) is 0.614. The van der Waals surface area contributed by atoms with Gasteiger partial charge < -0.3 is 14.2 Å². The van der Waals surface area contributed by atoms with Gasteiger partial charge in [-0.3, -0.25) is 9.36 Å². The zero-order valence-electron chi connectivity index (χ0n) is 27.1. The van der Waals surface area contributed by atoms with Crippen molar-refractivity contribution in [2.45, 2.75) is 39.3 Å². The van der Waals surface area contributed by atoms with Crippen molar-refractivity contribution in [1.29, 1.82) is 0 Å². The van der Waals surface area contributed by atoms with Crippen LogP contribution in [0.2, 0.25) is 5.02 Å². The number of halogens is 1. The van der Waals surface area contributed by atoms with Crippen molar-refractivity contribution in [2.75, 3.05) is 13.7 Å². The third kappa shape index (κ3) is 6.72. The molecule has 0 unspecified atom stereocenters. The summed E-state index contributed by atoms with van der Waals surface area (Å²) in [5.41, 5.74) is 4.75. The first kappa shape index (κ1) is 33.0. The minimum absolute atomic E-state index is 0.182. The molecule has 0 saturated carbocycles. The minimum atomic E-state index is -0.761. The second kappa shape index (κ2) is 14.5. The molecule has 0 amide bonds. The van der Waals surface area contributed by atoms with Gasteiger partial charge in [-0.1, -0.05) is 116 Å². The van der Waals surface area contributed by atoms with E-state index in [1.165, 1.54) is 11.3 Å². The molecule has 6 rings (SSSR count). The number of nitrogens with zero attached hydrogens (tertiary/aromatic N) is 2. The summed E-state index contributed by atoms with van der Waals surface area (Å²) < 4.78 is 19.6. The Morgan fingerprint density at radius 3 is 2.44 bits per heavy atom. The smallest absolute Gasteiger partial charge is 0.338 e. The van der Waals surface area contributed by atoms with E-state index in [9.17, 15) is 9.59 Å². The maximum atomic E-state index is 14.4. The van der Waals surface area contributed by atoms with Gasteiger partial charge in [0.05, 0.1) is 35.6 Å². The second-order valence-corrected chi connectivity index (χ2v) is 13.0. The number of hydrogen-bond acceptors (Lipinski definition) is 7. The van der Waals surface area contributed by atoms with Gasteiger partial charge >= 0.3 is 5.97 Å². The number of esters is 1. The van der Waals surface area contributed by atoms with Crippen LogP contribution >= 0.6 is 22.9 Å². The second-order valence-electron chi connectivity index (χ2n) is 11.6. The number of hydrogen-bond donors (Lipinski definition) is 0. The van der Waals surface area contributed by atoms with Crippen LogP contribution in [0.5, 0.6) is 11.5 Å². The van der Waals surface area contributed by atoms with E-state index < -0.39 is 12.0 Å². The summed E-state index contributed by atoms with van der Waals surface area (Å²) in [6, 6.07) is 29.8. The molecule has 0 aliphatic carbocycles. The molecule has 0 N–H and O–H groups in total. The van der Waals surface area contributed by atoms with Gasteiger partial charge in [-0.25, -0.2) is 9.79 Å². The van der Waals surface area contributed by atoms with Gasteiger partial charge in [-0.15, -0.1) is 0 Å². The molecular formula is C39H35ClN2O5S. The summed E-state index contributed by atoms with van der Waals surface area (Å²) >= 11 is 7.46. The number of fused-ring (bicyclic) bond motifs is 1. The lowest BCUT2D eigenvalue weighted by molar-refractivity contribution is -0.138. The standard InChI is InChI=1S/C39H35ClN2O5S/c1-5-46-38(44)33-34(27-12-7-6-8-13-27)41-39-42(35(33)28-19-17-26(18-20-28)24(2)3)37(43)32(48-39)22-29-14-10-16-31(45-4)36(29)47-23-25-11-9-15-30(40)21-25/h6-22,24,35H,5,23H2,1-4H3/b32-22-/t35-/m0/s1. The van der Waals surface area contributed by atoms with Crippen LogP contribution < -0.4 is 24.4 Å². The summed E-state index contributed by atoms with van der Waals surface area (Å²) in [6.45, 7) is 6.45. The monoisotopic (exact) mass is 678 g/mol. The SMILES string of the molecule is CCOC(=O)C1=C(c2ccccc2)N=c2s/c(=C\c3cccc(OC)c3OCc3cccc(Cl)c3)c(=O)n2[C@H]1c1ccc(C(C)C)cc1. The fraction of sp³-hybridized carbons (Fsp3) is 0.205. The van der Waals surface area contributed by atoms with E-state index in [4.69, 9.17) is 30.8 Å². The number of carbonyl (C=O) groups is 1. The molecule has 1 aliphatic rings. The van der Waals surface area contributed by atoms with Crippen LogP contribution in [0.25, 0.3) is 11.8 Å². The fourth-order valence-electron chi connectivity index (χ4n) is 5.70. The molecule has 0 spiro atoms. The summed E-state index contributed by atoms with van der Waals surface area (Å²) in [4.78, 5) is 33.7. The van der Waals surface area contributed by atoms with Gasteiger partial charge in [0.1, 0.15) is 6.61 Å². The minimum Gasteiger partial charge on any atom is -0.493 e. The maximum absolute atomic E-state index is 14.4. The molecule has 244 valence electrons. The lowest BCUT2D eigenvalue weighted by atomic mass is 9.91. The van der Waals surface area contributed by atoms with Crippen molar-refractivity contribution in [3.05, 3.63) is 155 Å². The van der Waals surface area contributed by atoms with Crippen molar-refractivity contribution in [3.8, 4) is 11.5 Å². The highest BCUT2D eigenvalue weighted by Crippen LogP contribution is 2.36. The van der Waals surface area contributed by atoms with Gasteiger partial charge in [0.15, 0.2) is 16.3 Å². The van der Waals surface area contributed by atoms with Gasteiger partial charge in [-0.2, -0.15) is 0 Å². The Kier molecular flexibility index (Phi) is 9.94. The molecular weight excluding hydrogens is 644 g/mol. The largest absolute Gasteiger partial charge is 0.493 e. The molecule has 9 heteroatoms. The molecule has 7 nitrogen and oxygen atoms in total. The molecule has 0 fully saturated rings. The summed E-state index contributed by atoms with van der Waals surface area (Å²) in [6.07, 6.45) is 1.79. The van der Waals surface area contributed by atoms with Crippen molar-refractivity contribution in [3.63, 3.8) is 0 Å². The topological polar surface area (TPSA) is 79.1 Å². The quantitative estimate of drug-likeness (QED) is 0.145. The van der Waals surface area contributed by atoms with Crippen LogP contribution in [0.4, 0.5) is 0 Å². The van der Waals surface area contributed by atoms with E-state index >= 15 is 0 Å². The Balaban J connectivity index is 1.55. The van der Waals surface area contributed by atoms with Crippen molar-refractivity contribution >= 4 is 40.7 Å². The molecule has 5 aromatic rings. The summed E-state index contributed by atoms with van der Waals surface area (Å²) in [7, 11) is 1.58. The van der Waals surface area contributed by atoms with E-state index in [1.54, 1.807) is 24.7 Å². The summed E-state index contributed by atoms with van der Waals surface area (Å²) in [5.74, 6) is 0.817. The Morgan fingerprint density at radius 1 is 1.00 bits per heavy atom. The number of thiazole rings is 1. The highest BCUT2D eigenvalue weighted by molar-refractivity contribution is 7.07. The van der Waals surface area contributed by atoms with Crippen LogP contribution in [0, 0.1) is 0 Å². The number of carbonyl (C=O) groups excluding carboxylic acids is 1. The Hall–Kier alpha value is -4.92. The van der Waals surface area contributed by atoms with Crippen LogP contribution in [-0.2, 0) is 16.1 Å². The molecule has 48 heavy (non-hydrogen) atoms. The molecule has 4 aromatic carbocycles. The normalized spacial score (nSPS) is 14.5. The number of rotatable bonds is 10. The number of benzene rings is 4. The third-order valence-electron chi connectivity index (χ3n) is 8.08. The molecule has 0 bridgehead atoms. The van der Waals surface area contributed by atoms with E-state index in [0.717, 1.165) is 22.3 Å². The average molecular weight is 679 g/mol. The van der Waals surface area contributed by atoms with Gasteiger partial charge in [0.2, 0.25) is 0 Å². The molecule has 1 atom stereocenters. The first-order valence-electron chi connectivity index (χ1n) is 15.7. The third-order valence-corrected chi connectivity index (χ3v) is 9.30. The predicted octanol–water partition coefficient (Wildman–Crippen LogP) is 7.30. The van der Waals surface area contributed by atoms with E-state index in [2.05, 4.69) is 13.8 Å². The first-order valence-corrected chi connectivity index (χ1v) is 16.9. The molecule has 0 radical (unpaired) electrons. The van der Waals surface area contributed by atoms with Crippen LogP contribution in [-0.4, -0.2) is 24.3 Å². The Labute approximate surface area is 288 Å². The fourth-order valence-corrected chi connectivity index (χ4v) is 6.91. The molecule has 2 heterocycles. The van der Waals surface area contributed by atoms with E-state index in [0.29, 0.717) is 48.6 Å². The number of aromatic nitrogens is 1. The van der Waals surface area contributed by atoms with Gasteiger partial charge in [0.25, 0.3) is 5.56 Å². The molecule has 1 aliphatic heterocycles. The number of para-hydroxylation sites is 1. The molecule has 1 aromatic heterocycles. The zero-order valence-corrected chi connectivity index (χ0v) is 28.7. The van der Waals surface area contributed by atoms with Crippen molar-refractivity contribution in [1.82, 2.24) is 4.57 Å². The maximum Gasteiger partial charge on any atom is 0.338 e. The van der Waals surface area contributed by atoms with Gasteiger partial charge in [-0.05, 0) is 53.8 Å². The zero-order chi connectivity index (χ0) is 33.8. The predicted molar refractivity (Wildman–Crippen MR) is 190 cm³/mol. The average Bonchev–Trinajstić information content (AvgIpc) is 3.41. The highest BCUT2D eigenvalue weighted by Gasteiger charge is 2.35. The lowest BCUT2D eigenvalue weighted by Crippen LogP contribution is -2.40. The Morgan fingerprint density at radius 2 is 1.75 bits per heavy atom. The van der Waals surface area contributed by atoms with Crippen molar-refractivity contribution < 1.29 is 19.0 Å². The number of ether oxygens (including phenoxy) is 3. The Bertz CT molecular complexity index is 2170. The highest BCUT2D eigenvalue weighted by atomic mass is 35.5. The first-order chi connectivity index (χ1) is 23.3. The van der Waals surface area contributed by atoms with Gasteiger partial charge in [0, 0.05) is 16.1 Å². The van der Waals surface area contributed by atoms with Crippen LogP contribution in [0.3, 0.4) is 0 Å². The van der Waals surface area contributed by atoms with Crippen LogP contribution in [0.1, 0.15) is 60.5 Å². The van der Waals surface area contributed by atoms with Crippen LogP contribution in [0.15, 0.2) is 112 Å². The lowest BCUT2D eigenvalue weighted by Gasteiger charge is -2.26.